The number of carbonyl (C=O) groups excluding carboxylic acids is 1. The van der Waals surface area contributed by atoms with Crippen LogP contribution in [0.3, 0.4) is 0 Å². The fraction of sp³-hybridized carbons (Fsp3) is 0.471. The van der Waals surface area contributed by atoms with Crippen LogP contribution >= 0.6 is 23.2 Å². The third-order valence-electron chi connectivity index (χ3n) is 4.34. The Labute approximate surface area is 156 Å². The van der Waals surface area contributed by atoms with Gasteiger partial charge in [0.1, 0.15) is 11.5 Å². The number of carbonyl (C=O) groups is 1. The molecule has 1 fully saturated rings. The summed E-state index contributed by atoms with van der Waals surface area (Å²) in [6.07, 6.45) is 2.72. The predicted octanol–water partition coefficient (Wildman–Crippen LogP) is 2.87. The first-order chi connectivity index (χ1) is 12.1. The van der Waals surface area contributed by atoms with E-state index in [4.69, 9.17) is 23.2 Å². The highest BCUT2D eigenvalue weighted by Gasteiger charge is 2.20. The van der Waals surface area contributed by atoms with E-state index in [9.17, 15) is 4.79 Å². The Morgan fingerprint density at radius 1 is 1.40 bits per heavy atom. The largest absolute Gasteiger partial charge is 0.349 e. The highest BCUT2D eigenvalue weighted by molar-refractivity contribution is 6.37. The van der Waals surface area contributed by atoms with E-state index < -0.39 is 0 Å². The molecule has 25 heavy (non-hydrogen) atoms. The van der Waals surface area contributed by atoms with Gasteiger partial charge in [-0.15, -0.1) is 5.10 Å². The van der Waals surface area contributed by atoms with Crippen molar-refractivity contribution in [2.45, 2.75) is 26.2 Å². The standard InChI is InChI=1S/C17H21Cl2N5O/c1-2-14-22-16(17(25)21-9-7-11-6-8-20-10-11)23-24(14)15-12(18)4-3-5-13(15)19/h3-5,11,20H,2,6-10H2,1H3,(H,21,25). The molecule has 0 spiro atoms. The summed E-state index contributed by atoms with van der Waals surface area (Å²) in [5, 5.41) is 11.5. The molecule has 0 saturated carbocycles. The minimum atomic E-state index is -0.275. The lowest BCUT2D eigenvalue weighted by molar-refractivity contribution is 0.0941. The van der Waals surface area contributed by atoms with Gasteiger partial charge in [0.2, 0.25) is 5.82 Å². The van der Waals surface area contributed by atoms with Crippen LogP contribution in [0, 0.1) is 5.92 Å². The molecule has 3 rings (SSSR count). The third-order valence-corrected chi connectivity index (χ3v) is 4.95. The summed E-state index contributed by atoms with van der Waals surface area (Å²) < 4.78 is 1.56. The minimum absolute atomic E-state index is 0.136. The molecule has 2 N–H and O–H groups in total. The highest BCUT2D eigenvalue weighted by atomic mass is 35.5. The van der Waals surface area contributed by atoms with Crippen LogP contribution in [-0.2, 0) is 6.42 Å². The van der Waals surface area contributed by atoms with Gasteiger partial charge in [0, 0.05) is 13.0 Å². The number of para-hydroxylation sites is 1. The Kier molecular flexibility index (Phi) is 5.93. The molecule has 1 saturated heterocycles. The summed E-state index contributed by atoms with van der Waals surface area (Å²) in [5.41, 5.74) is 0.547. The topological polar surface area (TPSA) is 71.8 Å². The van der Waals surface area contributed by atoms with E-state index in [1.54, 1.807) is 22.9 Å². The van der Waals surface area contributed by atoms with E-state index in [2.05, 4.69) is 20.7 Å². The van der Waals surface area contributed by atoms with Crippen molar-refractivity contribution in [2.75, 3.05) is 19.6 Å². The van der Waals surface area contributed by atoms with Crippen LogP contribution in [0.5, 0.6) is 0 Å². The smallest absolute Gasteiger partial charge is 0.290 e. The van der Waals surface area contributed by atoms with Crippen LogP contribution < -0.4 is 10.6 Å². The SMILES string of the molecule is CCc1nc(C(=O)NCCC2CCNC2)nn1-c1c(Cl)cccc1Cl. The van der Waals surface area contributed by atoms with Crippen LogP contribution in [0.4, 0.5) is 0 Å². The molecule has 6 nitrogen and oxygen atoms in total. The lowest BCUT2D eigenvalue weighted by Crippen LogP contribution is -2.27. The van der Waals surface area contributed by atoms with Crippen molar-refractivity contribution < 1.29 is 4.79 Å². The van der Waals surface area contributed by atoms with Crippen molar-refractivity contribution in [2.24, 2.45) is 5.92 Å². The summed E-state index contributed by atoms with van der Waals surface area (Å²) in [4.78, 5) is 16.7. The number of benzene rings is 1. The maximum Gasteiger partial charge on any atom is 0.290 e. The van der Waals surface area contributed by atoms with Gasteiger partial charge in [-0.2, -0.15) is 0 Å². The molecule has 0 bridgehead atoms. The molecule has 2 heterocycles. The molecule has 1 amide bonds. The number of nitrogens with one attached hydrogen (secondary N) is 2. The quantitative estimate of drug-likeness (QED) is 0.806. The van der Waals surface area contributed by atoms with Crippen LogP contribution in [0.25, 0.3) is 5.69 Å². The average molecular weight is 382 g/mol. The number of rotatable bonds is 6. The van der Waals surface area contributed by atoms with Gasteiger partial charge in [0.25, 0.3) is 5.91 Å². The minimum Gasteiger partial charge on any atom is -0.349 e. The number of hydrogen-bond donors (Lipinski definition) is 2. The number of halogens is 2. The number of nitrogens with zero attached hydrogens (tertiary/aromatic N) is 3. The molecule has 1 atom stereocenters. The lowest BCUT2D eigenvalue weighted by Gasteiger charge is -2.08. The second-order valence-electron chi connectivity index (χ2n) is 6.09. The zero-order chi connectivity index (χ0) is 17.8. The summed E-state index contributed by atoms with van der Waals surface area (Å²) >= 11 is 12.5. The number of aromatic nitrogens is 3. The van der Waals surface area contributed by atoms with Gasteiger partial charge >= 0.3 is 0 Å². The molecule has 1 aliphatic heterocycles. The van der Waals surface area contributed by atoms with E-state index in [1.165, 1.54) is 0 Å². The Morgan fingerprint density at radius 3 is 2.80 bits per heavy atom. The fourth-order valence-electron chi connectivity index (χ4n) is 2.97. The molecule has 0 aliphatic carbocycles. The van der Waals surface area contributed by atoms with Crippen LogP contribution in [-0.4, -0.2) is 40.3 Å². The van der Waals surface area contributed by atoms with Gasteiger partial charge < -0.3 is 10.6 Å². The van der Waals surface area contributed by atoms with Crippen LogP contribution in [0.2, 0.25) is 10.0 Å². The molecule has 1 aromatic carbocycles. The summed E-state index contributed by atoms with van der Waals surface area (Å²) in [7, 11) is 0. The van der Waals surface area contributed by atoms with Gasteiger partial charge in [-0.1, -0.05) is 36.2 Å². The second-order valence-corrected chi connectivity index (χ2v) is 6.91. The third kappa shape index (κ3) is 4.14. The first-order valence-electron chi connectivity index (χ1n) is 8.49. The van der Waals surface area contributed by atoms with Gasteiger partial charge in [-0.05, 0) is 44.0 Å². The molecule has 2 aromatic rings. The summed E-state index contributed by atoms with van der Waals surface area (Å²) in [6, 6.07) is 5.24. The van der Waals surface area contributed by atoms with Gasteiger partial charge in [0.15, 0.2) is 0 Å². The first kappa shape index (κ1) is 18.2. The van der Waals surface area contributed by atoms with Gasteiger partial charge in [0.05, 0.1) is 10.0 Å². The summed E-state index contributed by atoms with van der Waals surface area (Å²) in [5.74, 6) is 1.12. The molecule has 0 radical (unpaired) electrons. The highest BCUT2D eigenvalue weighted by Crippen LogP contribution is 2.28. The van der Waals surface area contributed by atoms with Gasteiger partial charge in [-0.25, -0.2) is 9.67 Å². The van der Waals surface area contributed by atoms with E-state index in [0.29, 0.717) is 40.4 Å². The molecular formula is C17H21Cl2N5O. The molecular weight excluding hydrogens is 361 g/mol. The van der Waals surface area contributed by atoms with E-state index >= 15 is 0 Å². The lowest BCUT2D eigenvalue weighted by atomic mass is 10.1. The zero-order valence-electron chi connectivity index (χ0n) is 14.1. The molecule has 1 unspecified atom stereocenters. The predicted molar refractivity (Wildman–Crippen MR) is 98.7 cm³/mol. The first-order valence-corrected chi connectivity index (χ1v) is 9.25. The maximum atomic E-state index is 12.4. The Bertz CT molecular complexity index is 735. The molecule has 1 aliphatic rings. The van der Waals surface area contributed by atoms with E-state index in [-0.39, 0.29) is 11.7 Å². The second kappa shape index (κ2) is 8.17. The Morgan fingerprint density at radius 2 is 2.16 bits per heavy atom. The Hall–Kier alpha value is -1.63. The van der Waals surface area contributed by atoms with Crippen molar-refractivity contribution in [1.82, 2.24) is 25.4 Å². The monoisotopic (exact) mass is 381 g/mol. The average Bonchev–Trinajstić information content (AvgIpc) is 3.24. The van der Waals surface area contributed by atoms with Crippen molar-refractivity contribution >= 4 is 29.1 Å². The molecule has 8 heteroatoms. The van der Waals surface area contributed by atoms with Crippen LogP contribution in [0.1, 0.15) is 36.2 Å². The van der Waals surface area contributed by atoms with Crippen LogP contribution in [0.15, 0.2) is 18.2 Å². The van der Waals surface area contributed by atoms with Crippen molar-refractivity contribution in [3.05, 3.63) is 39.9 Å². The normalized spacial score (nSPS) is 17.0. The van der Waals surface area contributed by atoms with E-state index in [1.807, 2.05) is 6.92 Å². The number of amides is 1. The number of aryl methyl sites for hydroxylation is 1. The van der Waals surface area contributed by atoms with Gasteiger partial charge in [-0.3, -0.25) is 4.79 Å². The Balaban J connectivity index is 1.74. The summed E-state index contributed by atoms with van der Waals surface area (Å²) in [6.45, 7) is 4.64. The molecule has 1 aromatic heterocycles. The zero-order valence-corrected chi connectivity index (χ0v) is 15.6. The number of hydrogen-bond acceptors (Lipinski definition) is 4. The van der Waals surface area contributed by atoms with Crippen molar-refractivity contribution in [3.8, 4) is 5.69 Å². The fourth-order valence-corrected chi connectivity index (χ4v) is 3.53. The van der Waals surface area contributed by atoms with E-state index in [0.717, 1.165) is 25.9 Å². The van der Waals surface area contributed by atoms with Crippen molar-refractivity contribution in [1.29, 1.82) is 0 Å². The maximum absolute atomic E-state index is 12.4. The molecule has 134 valence electrons. The van der Waals surface area contributed by atoms with Crippen molar-refractivity contribution in [3.63, 3.8) is 0 Å².